The Kier molecular flexibility index (Phi) is 5.22. The van der Waals surface area contributed by atoms with Gasteiger partial charge in [-0.2, -0.15) is 0 Å². The molecule has 0 spiro atoms. The van der Waals surface area contributed by atoms with Gasteiger partial charge in [-0.3, -0.25) is 4.79 Å². The van der Waals surface area contributed by atoms with Crippen molar-refractivity contribution < 1.29 is 4.79 Å². The second-order valence-corrected chi connectivity index (χ2v) is 6.35. The molecule has 0 aromatic carbocycles. The largest absolute Gasteiger partial charge is 0.342 e. The molecule has 0 unspecified atom stereocenters. The monoisotopic (exact) mass is 267 g/mol. The average molecular weight is 267 g/mol. The summed E-state index contributed by atoms with van der Waals surface area (Å²) in [5.74, 6) is 0.567. The first-order chi connectivity index (χ1) is 9.09. The average Bonchev–Trinajstić information content (AvgIpc) is 2.46. The number of likely N-dealkylation sites (tertiary alicyclic amines) is 1. The Bertz CT molecular complexity index is 292. The molecule has 19 heavy (non-hydrogen) atoms. The maximum Gasteiger partial charge on any atom is 0.226 e. The molecule has 0 saturated carbocycles. The van der Waals surface area contributed by atoms with E-state index in [0.29, 0.717) is 18.0 Å². The molecule has 2 saturated heterocycles. The quantitative estimate of drug-likeness (QED) is 0.837. The number of amides is 1. The van der Waals surface area contributed by atoms with Crippen LogP contribution >= 0.6 is 0 Å². The zero-order valence-corrected chi connectivity index (χ0v) is 12.7. The van der Waals surface area contributed by atoms with Crippen molar-refractivity contribution in [2.45, 2.75) is 51.6 Å². The van der Waals surface area contributed by atoms with Crippen molar-refractivity contribution >= 4 is 5.91 Å². The summed E-state index contributed by atoms with van der Waals surface area (Å²) in [4.78, 5) is 17.0. The third-order valence-corrected chi connectivity index (χ3v) is 4.77. The predicted molar refractivity (Wildman–Crippen MR) is 78.1 cm³/mol. The zero-order valence-electron chi connectivity index (χ0n) is 12.7. The summed E-state index contributed by atoms with van der Waals surface area (Å²) < 4.78 is 0. The minimum absolute atomic E-state index is 0.210. The predicted octanol–water partition coefficient (Wildman–Crippen LogP) is 1.32. The van der Waals surface area contributed by atoms with E-state index < -0.39 is 0 Å². The SMILES string of the molecule is CC(C)N1CCC(N(C)C(=O)[C@@H]2CCCNC2)CC1. The van der Waals surface area contributed by atoms with E-state index in [-0.39, 0.29) is 5.92 Å². The summed E-state index contributed by atoms with van der Waals surface area (Å²) in [5, 5.41) is 3.34. The van der Waals surface area contributed by atoms with Crippen molar-refractivity contribution in [3.63, 3.8) is 0 Å². The second kappa shape index (κ2) is 6.71. The molecule has 110 valence electrons. The smallest absolute Gasteiger partial charge is 0.226 e. The highest BCUT2D eigenvalue weighted by Crippen LogP contribution is 2.20. The van der Waals surface area contributed by atoms with Gasteiger partial charge in [-0.25, -0.2) is 0 Å². The van der Waals surface area contributed by atoms with Crippen LogP contribution in [0.25, 0.3) is 0 Å². The van der Waals surface area contributed by atoms with Gasteiger partial charge < -0.3 is 15.1 Å². The van der Waals surface area contributed by atoms with Gasteiger partial charge in [0.2, 0.25) is 5.91 Å². The molecule has 2 rings (SSSR count). The minimum Gasteiger partial charge on any atom is -0.342 e. The summed E-state index contributed by atoms with van der Waals surface area (Å²) in [6.45, 7) is 8.70. The Hall–Kier alpha value is -0.610. The molecule has 2 fully saturated rings. The van der Waals surface area contributed by atoms with E-state index in [1.807, 2.05) is 11.9 Å². The number of carbonyl (C=O) groups is 1. The number of nitrogens with zero attached hydrogens (tertiary/aromatic N) is 2. The van der Waals surface area contributed by atoms with Gasteiger partial charge >= 0.3 is 0 Å². The standard InChI is InChI=1S/C15H29N3O/c1-12(2)18-9-6-14(7-10-18)17(3)15(19)13-5-4-8-16-11-13/h12-14,16H,4-11H2,1-3H3/t13-/m1/s1. The van der Waals surface area contributed by atoms with Gasteiger partial charge in [0.25, 0.3) is 0 Å². The number of carbonyl (C=O) groups excluding carboxylic acids is 1. The van der Waals surface area contributed by atoms with Gasteiger partial charge in [0.1, 0.15) is 0 Å². The fourth-order valence-electron chi connectivity index (χ4n) is 3.32. The molecule has 4 heteroatoms. The Labute approximate surface area is 117 Å². The van der Waals surface area contributed by atoms with Crippen LogP contribution in [-0.4, -0.2) is 61.0 Å². The van der Waals surface area contributed by atoms with E-state index in [1.54, 1.807) is 0 Å². The van der Waals surface area contributed by atoms with E-state index in [4.69, 9.17) is 0 Å². The third-order valence-electron chi connectivity index (χ3n) is 4.77. The maximum absolute atomic E-state index is 12.5. The van der Waals surface area contributed by atoms with Gasteiger partial charge in [0, 0.05) is 38.8 Å². The summed E-state index contributed by atoms with van der Waals surface area (Å²) in [6.07, 6.45) is 4.44. The topological polar surface area (TPSA) is 35.6 Å². The van der Waals surface area contributed by atoms with E-state index in [0.717, 1.165) is 51.9 Å². The first-order valence-corrected chi connectivity index (χ1v) is 7.81. The van der Waals surface area contributed by atoms with Crippen LogP contribution in [0.15, 0.2) is 0 Å². The zero-order chi connectivity index (χ0) is 13.8. The van der Waals surface area contributed by atoms with Crippen LogP contribution in [0.4, 0.5) is 0 Å². The highest BCUT2D eigenvalue weighted by molar-refractivity contribution is 5.79. The lowest BCUT2D eigenvalue weighted by molar-refractivity contribution is -0.137. The van der Waals surface area contributed by atoms with Crippen LogP contribution < -0.4 is 5.32 Å². The molecular formula is C15H29N3O. The van der Waals surface area contributed by atoms with Gasteiger partial charge in [0.15, 0.2) is 0 Å². The van der Waals surface area contributed by atoms with Crippen LogP contribution in [0.3, 0.4) is 0 Å². The molecule has 0 radical (unpaired) electrons. The van der Waals surface area contributed by atoms with Crippen LogP contribution in [0.5, 0.6) is 0 Å². The molecule has 1 N–H and O–H groups in total. The molecule has 0 aromatic rings. The number of hydrogen-bond donors (Lipinski definition) is 1. The molecule has 2 aliphatic rings. The molecular weight excluding hydrogens is 238 g/mol. The molecule has 1 atom stereocenters. The Morgan fingerprint density at radius 1 is 1.26 bits per heavy atom. The van der Waals surface area contributed by atoms with E-state index >= 15 is 0 Å². The van der Waals surface area contributed by atoms with Crippen molar-refractivity contribution in [3.8, 4) is 0 Å². The Morgan fingerprint density at radius 2 is 1.95 bits per heavy atom. The van der Waals surface area contributed by atoms with Crippen molar-refractivity contribution in [3.05, 3.63) is 0 Å². The first-order valence-electron chi connectivity index (χ1n) is 7.81. The number of nitrogens with one attached hydrogen (secondary N) is 1. The molecule has 2 heterocycles. The van der Waals surface area contributed by atoms with Gasteiger partial charge in [-0.15, -0.1) is 0 Å². The van der Waals surface area contributed by atoms with Gasteiger partial charge in [-0.05, 0) is 46.1 Å². The molecule has 2 aliphatic heterocycles. The van der Waals surface area contributed by atoms with Crippen LogP contribution in [-0.2, 0) is 4.79 Å². The Balaban J connectivity index is 1.83. The highest BCUT2D eigenvalue weighted by atomic mass is 16.2. The van der Waals surface area contributed by atoms with Crippen molar-refractivity contribution in [1.82, 2.24) is 15.1 Å². The maximum atomic E-state index is 12.5. The van der Waals surface area contributed by atoms with Gasteiger partial charge in [-0.1, -0.05) is 0 Å². The van der Waals surface area contributed by atoms with Crippen molar-refractivity contribution in [2.24, 2.45) is 5.92 Å². The number of piperidine rings is 2. The molecule has 0 aromatic heterocycles. The van der Waals surface area contributed by atoms with Crippen molar-refractivity contribution in [1.29, 1.82) is 0 Å². The first kappa shape index (κ1) is 14.8. The molecule has 1 amide bonds. The van der Waals surface area contributed by atoms with E-state index in [9.17, 15) is 4.79 Å². The summed E-state index contributed by atoms with van der Waals surface area (Å²) in [5.41, 5.74) is 0. The van der Waals surface area contributed by atoms with Crippen LogP contribution in [0, 0.1) is 5.92 Å². The molecule has 4 nitrogen and oxygen atoms in total. The summed E-state index contributed by atoms with van der Waals surface area (Å²) >= 11 is 0. The molecule has 0 bridgehead atoms. The van der Waals surface area contributed by atoms with E-state index in [2.05, 4.69) is 24.1 Å². The number of rotatable bonds is 3. The van der Waals surface area contributed by atoms with Crippen LogP contribution in [0.2, 0.25) is 0 Å². The lowest BCUT2D eigenvalue weighted by Gasteiger charge is -2.40. The normalized spacial score (nSPS) is 26.6. The highest BCUT2D eigenvalue weighted by Gasteiger charge is 2.30. The lowest BCUT2D eigenvalue weighted by atomic mass is 9.95. The van der Waals surface area contributed by atoms with Gasteiger partial charge in [0.05, 0.1) is 5.92 Å². The second-order valence-electron chi connectivity index (χ2n) is 6.35. The Morgan fingerprint density at radius 3 is 2.47 bits per heavy atom. The number of hydrogen-bond acceptors (Lipinski definition) is 3. The fraction of sp³-hybridized carbons (Fsp3) is 0.933. The molecule has 0 aliphatic carbocycles. The van der Waals surface area contributed by atoms with Crippen LogP contribution in [0.1, 0.15) is 39.5 Å². The third kappa shape index (κ3) is 3.69. The summed E-state index contributed by atoms with van der Waals surface area (Å²) in [6, 6.07) is 1.08. The summed E-state index contributed by atoms with van der Waals surface area (Å²) in [7, 11) is 2.01. The lowest BCUT2D eigenvalue weighted by Crippen LogP contribution is -2.50. The van der Waals surface area contributed by atoms with Crippen molar-refractivity contribution in [2.75, 3.05) is 33.2 Å². The fourth-order valence-corrected chi connectivity index (χ4v) is 3.32. The van der Waals surface area contributed by atoms with E-state index in [1.165, 1.54) is 0 Å². The minimum atomic E-state index is 0.210.